The predicted octanol–water partition coefficient (Wildman–Crippen LogP) is 4.66. The molecule has 158 valence electrons. The molecule has 2 rings (SSSR count). The first-order chi connectivity index (χ1) is 13.6. The minimum absolute atomic E-state index is 0.0470. The highest BCUT2D eigenvalue weighted by molar-refractivity contribution is 9.10. The first-order valence-electron chi connectivity index (χ1n) is 9.17. The monoisotopic (exact) mass is 486 g/mol. The lowest BCUT2D eigenvalue weighted by Gasteiger charge is -2.20. The third kappa shape index (κ3) is 5.55. The van der Waals surface area contributed by atoms with Gasteiger partial charge in [-0.2, -0.15) is 4.31 Å². The standard InChI is InChI=1S/C20H24BrFN2O4S/c1-5-24(6-2)29(26,27)15-8-10-19(28-13(3)4)18(12-15)23-20(25)16-9-7-14(22)11-17(16)21/h7-13H,5-6H2,1-4H3,(H,23,25). The van der Waals surface area contributed by atoms with E-state index in [2.05, 4.69) is 21.2 Å². The molecule has 0 saturated heterocycles. The van der Waals surface area contributed by atoms with E-state index in [0.717, 1.165) is 0 Å². The Morgan fingerprint density at radius 1 is 1.17 bits per heavy atom. The minimum Gasteiger partial charge on any atom is -0.489 e. The molecule has 0 spiro atoms. The van der Waals surface area contributed by atoms with Crippen LogP contribution in [0.3, 0.4) is 0 Å². The molecule has 0 atom stereocenters. The fourth-order valence-corrected chi connectivity index (χ4v) is 4.72. The maximum Gasteiger partial charge on any atom is 0.256 e. The van der Waals surface area contributed by atoms with Gasteiger partial charge in [-0.15, -0.1) is 0 Å². The number of rotatable bonds is 8. The van der Waals surface area contributed by atoms with Gasteiger partial charge in [0.25, 0.3) is 5.91 Å². The zero-order valence-corrected chi connectivity index (χ0v) is 19.1. The number of ether oxygens (including phenoxy) is 1. The van der Waals surface area contributed by atoms with Crippen molar-refractivity contribution in [3.63, 3.8) is 0 Å². The van der Waals surface area contributed by atoms with Gasteiger partial charge in [-0.05, 0) is 66.2 Å². The van der Waals surface area contributed by atoms with Crippen LogP contribution in [0.1, 0.15) is 38.1 Å². The van der Waals surface area contributed by atoms with Gasteiger partial charge in [-0.1, -0.05) is 13.8 Å². The SMILES string of the molecule is CCN(CC)S(=O)(=O)c1ccc(OC(C)C)c(NC(=O)c2ccc(F)cc2Br)c1. The number of benzene rings is 2. The summed E-state index contributed by atoms with van der Waals surface area (Å²) in [5.74, 6) is -0.669. The van der Waals surface area contributed by atoms with Crippen LogP contribution in [0.5, 0.6) is 5.75 Å². The Labute approximate surface area is 179 Å². The zero-order chi connectivity index (χ0) is 21.8. The molecule has 0 aliphatic rings. The van der Waals surface area contributed by atoms with Crippen molar-refractivity contribution in [2.24, 2.45) is 0 Å². The Balaban J connectivity index is 2.48. The summed E-state index contributed by atoms with van der Waals surface area (Å²) >= 11 is 3.17. The van der Waals surface area contributed by atoms with Gasteiger partial charge in [0.05, 0.1) is 22.3 Å². The van der Waals surface area contributed by atoms with Gasteiger partial charge in [-0.25, -0.2) is 12.8 Å². The number of nitrogens with one attached hydrogen (secondary N) is 1. The van der Waals surface area contributed by atoms with Crippen LogP contribution >= 0.6 is 15.9 Å². The fraction of sp³-hybridized carbons (Fsp3) is 0.350. The lowest BCUT2D eigenvalue weighted by atomic mass is 10.2. The number of nitrogens with zero attached hydrogens (tertiary/aromatic N) is 1. The molecule has 0 unspecified atom stereocenters. The molecule has 0 saturated carbocycles. The summed E-state index contributed by atoms with van der Waals surface area (Å²) in [7, 11) is -3.72. The molecule has 1 N–H and O–H groups in total. The van der Waals surface area contributed by atoms with E-state index >= 15 is 0 Å². The summed E-state index contributed by atoms with van der Waals surface area (Å²) < 4.78 is 46.4. The highest BCUT2D eigenvalue weighted by atomic mass is 79.9. The van der Waals surface area contributed by atoms with Crippen molar-refractivity contribution >= 4 is 37.5 Å². The molecule has 0 aliphatic carbocycles. The summed E-state index contributed by atoms with van der Waals surface area (Å²) in [4.78, 5) is 12.8. The van der Waals surface area contributed by atoms with E-state index < -0.39 is 21.7 Å². The van der Waals surface area contributed by atoms with E-state index in [0.29, 0.717) is 18.8 Å². The molecule has 0 radical (unpaired) electrons. The van der Waals surface area contributed by atoms with E-state index in [1.54, 1.807) is 13.8 Å². The average Bonchev–Trinajstić information content (AvgIpc) is 2.63. The van der Waals surface area contributed by atoms with Gasteiger partial charge in [0, 0.05) is 17.6 Å². The first-order valence-corrected chi connectivity index (χ1v) is 11.4. The van der Waals surface area contributed by atoms with Gasteiger partial charge in [-0.3, -0.25) is 4.79 Å². The number of halogens is 2. The largest absolute Gasteiger partial charge is 0.489 e. The van der Waals surface area contributed by atoms with Crippen LogP contribution in [0.25, 0.3) is 0 Å². The second kappa shape index (κ2) is 9.69. The zero-order valence-electron chi connectivity index (χ0n) is 16.7. The number of hydrogen-bond donors (Lipinski definition) is 1. The number of carbonyl (C=O) groups excluding carboxylic acids is 1. The minimum atomic E-state index is -3.72. The normalized spacial score (nSPS) is 11.7. The van der Waals surface area contributed by atoms with Crippen molar-refractivity contribution in [3.05, 3.63) is 52.3 Å². The predicted molar refractivity (Wildman–Crippen MR) is 114 cm³/mol. The second-order valence-corrected chi connectivity index (χ2v) is 9.28. The molecule has 2 aromatic rings. The molecule has 0 fully saturated rings. The summed E-state index contributed by atoms with van der Waals surface area (Å²) in [6.07, 6.45) is -0.187. The molecule has 0 aromatic heterocycles. The quantitative estimate of drug-likeness (QED) is 0.588. The van der Waals surface area contributed by atoms with E-state index in [1.807, 2.05) is 13.8 Å². The van der Waals surface area contributed by atoms with Crippen molar-refractivity contribution in [2.45, 2.75) is 38.7 Å². The van der Waals surface area contributed by atoms with E-state index in [4.69, 9.17) is 4.74 Å². The first kappa shape index (κ1) is 23.3. The summed E-state index contributed by atoms with van der Waals surface area (Å²) in [6.45, 7) is 7.81. The molecule has 0 aliphatic heterocycles. The number of anilines is 1. The summed E-state index contributed by atoms with van der Waals surface area (Å²) in [5, 5.41) is 2.68. The van der Waals surface area contributed by atoms with Crippen LogP contribution in [0.4, 0.5) is 10.1 Å². The number of amides is 1. The molecule has 1 amide bonds. The fourth-order valence-electron chi connectivity index (χ4n) is 2.70. The molecule has 2 aromatic carbocycles. The van der Waals surface area contributed by atoms with Crippen molar-refractivity contribution in [1.29, 1.82) is 0 Å². The van der Waals surface area contributed by atoms with Crippen LogP contribution in [-0.2, 0) is 10.0 Å². The molecule has 6 nitrogen and oxygen atoms in total. The summed E-state index contributed by atoms with van der Waals surface area (Å²) in [6, 6.07) is 8.05. The van der Waals surface area contributed by atoms with Crippen LogP contribution in [0.15, 0.2) is 45.8 Å². The average molecular weight is 487 g/mol. The lowest BCUT2D eigenvalue weighted by molar-refractivity contribution is 0.102. The maximum atomic E-state index is 13.3. The van der Waals surface area contributed by atoms with Crippen molar-refractivity contribution in [3.8, 4) is 5.75 Å². The molecule has 29 heavy (non-hydrogen) atoms. The Morgan fingerprint density at radius 2 is 1.83 bits per heavy atom. The van der Waals surface area contributed by atoms with Crippen LogP contribution in [0.2, 0.25) is 0 Å². The highest BCUT2D eigenvalue weighted by Crippen LogP contribution is 2.31. The maximum absolute atomic E-state index is 13.3. The summed E-state index contributed by atoms with van der Waals surface area (Å²) in [5.41, 5.74) is 0.423. The van der Waals surface area contributed by atoms with E-state index in [1.165, 1.54) is 40.7 Å². The van der Waals surface area contributed by atoms with Gasteiger partial charge >= 0.3 is 0 Å². The smallest absolute Gasteiger partial charge is 0.256 e. The number of hydrogen-bond acceptors (Lipinski definition) is 4. The van der Waals surface area contributed by atoms with Gasteiger partial charge in [0.2, 0.25) is 10.0 Å². The Hall–Kier alpha value is -1.97. The molecular weight excluding hydrogens is 463 g/mol. The van der Waals surface area contributed by atoms with E-state index in [9.17, 15) is 17.6 Å². The Morgan fingerprint density at radius 3 is 2.38 bits per heavy atom. The van der Waals surface area contributed by atoms with E-state index in [-0.39, 0.29) is 26.7 Å². The topological polar surface area (TPSA) is 75.7 Å². The van der Waals surface area contributed by atoms with Crippen molar-refractivity contribution in [2.75, 3.05) is 18.4 Å². The molecular formula is C20H24BrFN2O4S. The van der Waals surface area contributed by atoms with Crippen LogP contribution in [0, 0.1) is 5.82 Å². The van der Waals surface area contributed by atoms with Gasteiger partial charge < -0.3 is 10.1 Å². The lowest BCUT2D eigenvalue weighted by Crippen LogP contribution is -2.30. The molecule has 0 heterocycles. The Kier molecular flexibility index (Phi) is 7.79. The third-order valence-corrected chi connectivity index (χ3v) is 6.78. The van der Waals surface area contributed by atoms with Gasteiger partial charge in [0.15, 0.2) is 0 Å². The van der Waals surface area contributed by atoms with Crippen molar-refractivity contribution < 1.29 is 22.3 Å². The Bertz CT molecular complexity index is 992. The van der Waals surface area contributed by atoms with Crippen LogP contribution in [-0.4, -0.2) is 37.8 Å². The third-order valence-electron chi connectivity index (χ3n) is 4.08. The van der Waals surface area contributed by atoms with Crippen molar-refractivity contribution in [1.82, 2.24) is 4.31 Å². The number of carbonyl (C=O) groups is 1. The number of sulfonamides is 1. The van der Waals surface area contributed by atoms with Gasteiger partial charge in [0.1, 0.15) is 11.6 Å². The second-order valence-electron chi connectivity index (χ2n) is 6.49. The van der Waals surface area contributed by atoms with Crippen LogP contribution < -0.4 is 10.1 Å². The highest BCUT2D eigenvalue weighted by Gasteiger charge is 2.24. The molecule has 9 heteroatoms. The molecule has 0 bridgehead atoms.